The summed E-state index contributed by atoms with van der Waals surface area (Å²) in [6.07, 6.45) is 4.35. The van der Waals surface area contributed by atoms with E-state index in [4.69, 9.17) is 4.74 Å². The van der Waals surface area contributed by atoms with Crippen LogP contribution in [-0.2, 0) is 13.6 Å². The zero-order valence-electron chi connectivity index (χ0n) is 18.0. The van der Waals surface area contributed by atoms with Crippen molar-refractivity contribution < 1.29 is 9.13 Å². The summed E-state index contributed by atoms with van der Waals surface area (Å²) < 4.78 is 20.9. The fraction of sp³-hybridized carbons (Fsp3) is 0.458. The summed E-state index contributed by atoms with van der Waals surface area (Å²) in [4.78, 5) is 2.50. The molecule has 0 N–H and O–H groups in total. The van der Waals surface area contributed by atoms with Crippen LogP contribution in [0, 0.1) is 30.5 Å². The molecule has 5 rings (SSSR count). The number of benzene rings is 1. The highest BCUT2D eigenvalue weighted by molar-refractivity contribution is 5.60. The van der Waals surface area contributed by atoms with Gasteiger partial charge in [0.1, 0.15) is 5.82 Å². The van der Waals surface area contributed by atoms with Crippen molar-refractivity contribution in [1.29, 1.82) is 0 Å². The van der Waals surface area contributed by atoms with Crippen LogP contribution in [0.3, 0.4) is 0 Å². The molecule has 6 nitrogen and oxygen atoms in total. The number of hydrogen-bond acceptors (Lipinski definition) is 5. The zero-order valence-corrected chi connectivity index (χ0v) is 18.0. The number of likely N-dealkylation sites (tertiary alicyclic amines) is 1. The Bertz CT molecular complexity index is 1020. The van der Waals surface area contributed by atoms with Crippen molar-refractivity contribution in [3.8, 4) is 17.1 Å². The van der Waals surface area contributed by atoms with E-state index in [-0.39, 0.29) is 5.82 Å². The van der Waals surface area contributed by atoms with E-state index in [9.17, 15) is 4.39 Å². The Kier molecular flexibility index (Phi) is 5.44. The summed E-state index contributed by atoms with van der Waals surface area (Å²) in [5.74, 6) is 2.45. The van der Waals surface area contributed by atoms with Gasteiger partial charge in [0.05, 0.1) is 18.0 Å². The van der Waals surface area contributed by atoms with Crippen LogP contribution in [0.2, 0.25) is 0 Å². The fourth-order valence-electron chi connectivity index (χ4n) is 5.23. The Balaban J connectivity index is 1.10. The molecule has 3 heterocycles. The highest BCUT2D eigenvalue weighted by Crippen LogP contribution is 2.42. The lowest BCUT2D eigenvalue weighted by Gasteiger charge is -2.19. The highest BCUT2D eigenvalue weighted by atomic mass is 19.1. The summed E-state index contributed by atoms with van der Waals surface area (Å²) in [6.45, 7) is 5.83. The quantitative estimate of drug-likeness (QED) is 0.605. The number of fused-ring (bicyclic) bond motifs is 1. The van der Waals surface area contributed by atoms with Crippen LogP contribution in [0.1, 0.15) is 24.1 Å². The van der Waals surface area contributed by atoms with Crippen LogP contribution < -0.4 is 4.74 Å². The zero-order chi connectivity index (χ0) is 21.4. The lowest BCUT2D eigenvalue weighted by atomic mass is 10.0. The molecule has 0 spiro atoms. The average molecular weight is 422 g/mol. The van der Waals surface area contributed by atoms with Crippen LogP contribution in [0.4, 0.5) is 4.39 Å². The van der Waals surface area contributed by atoms with Gasteiger partial charge in [-0.3, -0.25) is 9.58 Å². The van der Waals surface area contributed by atoms with Gasteiger partial charge in [-0.25, -0.2) is 4.39 Å². The molecule has 0 amide bonds. The maximum absolute atomic E-state index is 13.1. The van der Waals surface area contributed by atoms with Crippen LogP contribution in [-0.4, -0.2) is 44.6 Å². The summed E-state index contributed by atoms with van der Waals surface area (Å²) in [6, 6.07) is 10.7. The number of nitrogens with zero attached hydrogens (tertiary/aromatic N) is 5. The van der Waals surface area contributed by atoms with E-state index in [0.717, 1.165) is 48.4 Å². The second-order valence-corrected chi connectivity index (χ2v) is 9.05. The molecule has 2 aliphatic rings. The normalized spacial score (nSPS) is 23.3. The number of aryl methyl sites for hydroxylation is 2. The first-order chi connectivity index (χ1) is 15.0. The van der Waals surface area contributed by atoms with Crippen LogP contribution in [0.25, 0.3) is 11.3 Å². The van der Waals surface area contributed by atoms with Crippen LogP contribution in [0.5, 0.6) is 5.88 Å². The Morgan fingerprint density at radius 1 is 1.03 bits per heavy atom. The minimum Gasteiger partial charge on any atom is -0.476 e. The molecule has 2 unspecified atom stereocenters. The summed E-state index contributed by atoms with van der Waals surface area (Å²) >= 11 is 0. The van der Waals surface area contributed by atoms with Crippen molar-refractivity contribution in [1.82, 2.24) is 24.9 Å². The van der Waals surface area contributed by atoms with Gasteiger partial charge in [0.15, 0.2) is 0 Å². The van der Waals surface area contributed by atoms with E-state index in [2.05, 4.69) is 20.2 Å². The molecule has 1 aliphatic heterocycles. The van der Waals surface area contributed by atoms with Gasteiger partial charge in [-0.15, -0.1) is 10.2 Å². The van der Waals surface area contributed by atoms with Gasteiger partial charge < -0.3 is 4.74 Å². The molecular weight excluding hydrogens is 393 g/mol. The van der Waals surface area contributed by atoms with E-state index >= 15 is 0 Å². The summed E-state index contributed by atoms with van der Waals surface area (Å²) in [7, 11) is 1.90. The van der Waals surface area contributed by atoms with Crippen LogP contribution >= 0.6 is 0 Å². The molecule has 1 aliphatic carbocycles. The molecule has 2 fully saturated rings. The van der Waals surface area contributed by atoms with E-state index in [1.165, 1.54) is 18.4 Å². The van der Waals surface area contributed by atoms with E-state index in [0.29, 0.717) is 18.4 Å². The Hall–Kier alpha value is -2.80. The Morgan fingerprint density at radius 3 is 2.39 bits per heavy atom. The third-order valence-electron chi connectivity index (χ3n) is 6.64. The smallest absolute Gasteiger partial charge is 0.233 e. The molecule has 2 aromatic heterocycles. The number of hydrogen-bond donors (Lipinski definition) is 0. The number of ether oxygens (including phenoxy) is 1. The standard InChI is InChI=1S/C24H28FN5O/c1-16-22(14-29(2)28-16)23-7-8-24(27-26-23)31-15-18-9-19-12-30(13-20(19)10-18)11-17-3-5-21(25)6-4-17/h3-8,14,18-20H,9-13,15H2,1-2H3. The minimum atomic E-state index is -0.170. The first kappa shape index (κ1) is 20.1. The van der Waals surface area contributed by atoms with Crippen molar-refractivity contribution >= 4 is 0 Å². The minimum absolute atomic E-state index is 0.170. The van der Waals surface area contributed by atoms with Gasteiger partial charge in [-0.1, -0.05) is 12.1 Å². The lowest BCUT2D eigenvalue weighted by molar-refractivity contribution is 0.219. The Labute approximate surface area is 182 Å². The van der Waals surface area contributed by atoms with Gasteiger partial charge in [0.2, 0.25) is 5.88 Å². The molecule has 1 saturated heterocycles. The monoisotopic (exact) mass is 421 g/mol. The van der Waals surface area contributed by atoms with E-state index in [1.807, 2.05) is 44.4 Å². The number of halogens is 1. The molecule has 1 aromatic carbocycles. The van der Waals surface area contributed by atoms with E-state index < -0.39 is 0 Å². The predicted molar refractivity (Wildman–Crippen MR) is 116 cm³/mol. The van der Waals surface area contributed by atoms with E-state index in [1.54, 1.807) is 16.8 Å². The first-order valence-electron chi connectivity index (χ1n) is 11.0. The van der Waals surface area contributed by atoms with Gasteiger partial charge in [0, 0.05) is 44.5 Å². The molecule has 31 heavy (non-hydrogen) atoms. The largest absolute Gasteiger partial charge is 0.476 e. The van der Waals surface area contributed by atoms with Crippen molar-refractivity contribution in [3.05, 3.63) is 59.7 Å². The summed E-state index contributed by atoms with van der Waals surface area (Å²) in [5, 5.41) is 12.9. The molecule has 162 valence electrons. The second-order valence-electron chi connectivity index (χ2n) is 9.05. The second kappa shape index (κ2) is 8.38. The SMILES string of the molecule is Cc1nn(C)cc1-c1ccc(OCC2CC3CN(Cc4ccc(F)cc4)CC3C2)nn1. The number of aromatic nitrogens is 4. The van der Waals surface area contributed by atoms with Gasteiger partial charge in [-0.2, -0.15) is 5.10 Å². The first-order valence-corrected chi connectivity index (χ1v) is 11.0. The maximum Gasteiger partial charge on any atom is 0.233 e. The molecule has 0 radical (unpaired) electrons. The molecular formula is C24H28FN5O. The lowest BCUT2D eigenvalue weighted by Crippen LogP contribution is -2.23. The number of rotatable bonds is 6. The molecule has 2 atom stereocenters. The predicted octanol–water partition coefficient (Wildman–Crippen LogP) is 3.86. The van der Waals surface area contributed by atoms with Crippen molar-refractivity contribution in [2.45, 2.75) is 26.3 Å². The van der Waals surface area contributed by atoms with Gasteiger partial charge in [0.25, 0.3) is 0 Å². The third-order valence-corrected chi connectivity index (χ3v) is 6.64. The fourth-order valence-corrected chi connectivity index (χ4v) is 5.23. The maximum atomic E-state index is 13.1. The van der Waals surface area contributed by atoms with Crippen LogP contribution in [0.15, 0.2) is 42.6 Å². The van der Waals surface area contributed by atoms with Crippen molar-refractivity contribution in [2.75, 3.05) is 19.7 Å². The summed E-state index contributed by atoms with van der Waals surface area (Å²) in [5.41, 5.74) is 3.94. The average Bonchev–Trinajstić information content (AvgIpc) is 3.41. The van der Waals surface area contributed by atoms with Gasteiger partial charge >= 0.3 is 0 Å². The van der Waals surface area contributed by atoms with Crippen molar-refractivity contribution in [3.63, 3.8) is 0 Å². The molecule has 1 saturated carbocycles. The molecule has 0 bridgehead atoms. The Morgan fingerprint density at radius 2 is 1.77 bits per heavy atom. The third kappa shape index (κ3) is 4.46. The van der Waals surface area contributed by atoms with Gasteiger partial charge in [-0.05, 0) is 61.3 Å². The topological polar surface area (TPSA) is 56.1 Å². The van der Waals surface area contributed by atoms with Crippen molar-refractivity contribution in [2.24, 2.45) is 24.8 Å². The highest BCUT2D eigenvalue weighted by Gasteiger charge is 2.40. The molecule has 7 heteroatoms. The molecule has 3 aromatic rings.